The smallest absolute Gasteiger partial charge is 0.0537 e. The number of nitrogens with two attached hydrogens (primary N) is 1. The van der Waals surface area contributed by atoms with Gasteiger partial charge in [0.1, 0.15) is 0 Å². The Morgan fingerprint density at radius 3 is 2.60 bits per heavy atom. The Balaban J connectivity index is 2.64. The highest BCUT2D eigenvalue weighted by atomic mass is 15.2. The highest BCUT2D eigenvalue weighted by Gasteiger charge is 2.19. The summed E-state index contributed by atoms with van der Waals surface area (Å²) in [6.45, 7) is 7.12. The molecule has 0 aliphatic heterocycles. The molecule has 0 saturated carbocycles. The van der Waals surface area contributed by atoms with Crippen LogP contribution in [0, 0.1) is 0 Å². The van der Waals surface area contributed by atoms with Gasteiger partial charge in [0, 0.05) is 36.9 Å². The number of nitrogens with zero attached hydrogens (tertiary/aromatic N) is 3. The maximum Gasteiger partial charge on any atom is 0.0537 e. The molecule has 0 bridgehead atoms. The molecule has 0 saturated heterocycles. The molecule has 1 aromatic heterocycles. The van der Waals surface area contributed by atoms with Crippen LogP contribution in [0.2, 0.25) is 0 Å². The monoisotopic (exact) mass is 210 g/mol. The van der Waals surface area contributed by atoms with Gasteiger partial charge in [-0.25, -0.2) is 0 Å². The first-order chi connectivity index (χ1) is 6.79. The molecular weight excluding hydrogens is 188 g/mol. The molecule has 2 N–H and O–H groups in total. The average molecular weight is 210 g/mol. The summed E-state index contributed by atoms with van der Waals surface area (Å²) in [6, 6.07) is 0.349. The molecule has 1 rings (SSSR count). The van der Waals surface area contributed by atoms with Crippen LogP contribution in [0.4, 0.5) is 0 Å². The van der Waals surface area contributed by atoms with Gasteiger partial charge < -0.3 is 5.73 Å². The van der Waals surface area contributed by atoms with Gasteiger partial charge in [-0.1, -0.05) is 0 Å². The summed E-state index contributed by atoms with van der Waals surface area (Å²) in [5.74, 6) is 0. The second-order valence-corrected chi connectivity index (χ2v) is 5.03. The standard InChI is InChI=1S/C11H22N4/c1-9(10-6-13-15(5)7-10)14(4)8-11(2,3)12/h6-7,9H,8,12H2,1-5H3. The lowest BCUT2D eigenvalue weighted by Gasteiger charge is -2.30. The van der Waals surface area contributed by atoms with Crippen LogP contribution in [-0.2, 0) is 7.05 Å². The van der Waals surface area contributed by atoms with Crippen molar-refractivity contribution < 1.29 is 0 Å². The number of aromatic nitrogens is 2. The fourth-order valence-electron chi connectivity index (χ4n) is 1.69. The van der Waals surface area contributed by atoms with Crippen LogP contribution < -0.4 is 5.73 Å². The Labute approximate surface area is 92.1 Å². The molecule has 1 aromatic rings. The van der Waals surface area contributed by atoms with Gasteiger partial charge in [-0.15, -0.1) is 0 Å². The second kappa shape index (κ2) is 4.33. The fraction of sp³-hybridized carbons (Fsp3) is 0.727. The van der Waals surface area contributed by atoms with E-state index in [1.807, 2.05) is 38.0 Å². The molecule has 86 valence electrons. The minimum atomic E-state index is -0.161. The lowest BCUT2D eigenvalue weighted by molar-refractivity contribution is 0.215. The third-order valence-corrected chi connectivity index (χ3v) is 2.53. The predicted molar refractivity (Wildman–Crippen MR) is 62.5 cm³/mol. The molecule has 1 unspecified atom stereocenters. The Hall–Kier alpha value is -0.870. The molecule has 0 aliphatic carbocycles. The summed E-state index contributed by atoms with van der Waals surface area (Å²) in [7, 11) is 4.02. The van der Waals surface area contributed by atoms with E-state index in [1.165, 1.54) is 5.56 Å². The lowest BCUT2D eigenvalue weighted by Crippen LogP contribution is -2.44. The van der Waals surface area contributed by atoms with Crippen LogP contribution in [0.25, 0.3) is 0 Å². The van der Waals surface area contributed by atoms with E-state index in [1.54, 1.807) is 0 Å². The first-order valence-electron chi connectivity index (χ1n) is 5.27. The Morgan fingerprint density at radius 1 is 1.60 bits per heavy atom. The van der Waals surface area contributed by atoms with Crippen LogP contribution in [0.1, 0.15) is 32.4 Å². The van der Waals surface area contributed by atoms with E-state index >= 15 is 0 Å². The molecule has 0 radical (unpaired) electrons. The van der Waals surface area contributed by atoms with E-state index in [4.69, 9.17) is 5.73 Å². The normalized spacial score (nSPS) is 14.6. The molecule has 0 spiro atoms. The molecule has 0 aliphatic rings. The third kappa shape index (κ3) is 3.64. The number of hydrogen-bond acceptors (Lipinski definition) is 3. The maximum absolute atomic E-state index is 5.99. The van der Waals surface area contributed by atoms with E-state index in [-0.39, 0.29) is 5.54 Å². The molecule has 15 heavy (non-hydrogen) atoms. The Kier molecular flexibility index (Phi) is 3.52. The van der Waals surface area contributed by atoms with E-state index in [0.717, 1.165) is 6.54 Å². The zero-order valence-corrected chi connectivity index (χ0v) is 10.4. The van der Waals surface area contributed by atoms with Crippen LogP contribution in [0.5, 0.6) is 0 Å². The van der Waals surface area contributed by atoms with Gasteiger partial charge in [0.25, 0.3) is 0 Å². The van der Waals surface area contributed by atoms with Gasteiger partial charge in [0.15, 0.2) is 0 Å². The van der Waals surface area contributed by atoms with Crippen molar-refractivity contribution >= 4 is 0 Å². The molecule has 1 heterocycles. The van der Waals surface area contributed by atoms with Crippen molar-refractivity contribution in [3.05, 3.63) is 18.0 Å². The molecular formula is C11H22N4. The zero-order chi connectivity index (χ0) is 11.6. The van der Waals surface area contributed by atoms with Crippen LogP contribution >= 0.6 is 0 Å². The first-order valence-corrected chi connectivity index (χ1v) is 5.27. The molecule has 0 amide bonds. The minimum absolute atomic E-state index is 0.161. The SMILES string of the molecule is CC(c1cnn(C)c1)N(C)CC(C)(C)N. The van der Waals surface area contributed by atoms with Crippen molar-refractivity contribution in [2.75, 3.05) is 13.6 Å². The summed E-state index contributed by atoms with van der Waals surface area (Å²) < 4.78 is 1.83. The molecule has 4 heteroatoms. The molecule has 4 nitrogen and oxygen atoms in total. The predicted octanol–water partition coefficient (Wildman–Crippen LogP) is 1.15. The van der Waals surface area contributed by atoms with Crippen LogP contribution in [0.15, 0.2) is 12.4 Å². The summed E-state index contributed by atoms with van der Waals surface area (Å²) in [4.78, 5) is 2.25. The van der Waals surface area contributed by atoms with Crippen molar-refractivity contribution in [2.24, 2.45) is 12.8 Å². The Morgan fingerprint density at radius 2 is 2.20 bits per heavy atom. The summed E-state index contributed by atoms with van der Waals surface area (Å²) in [6.07, 6.45) is 3.95. The number of hydrogen-bond donors (Lipinski definition) is 1. The van der Waals surface area contributed by atoms with Gasteiger partial charge in [0.2, 0.25) is 0 Å². The quantitative estimate of drug-likeness (QED) is 0.811. The van der Waals surface area contributed by atoms with Crippen molar-refractivity contribution in [1.82, 2.24) is 14.7 Å². The van der Waals surface area contributed by atoms with E-state index in [2.05, 4.69) is 24.0 Å². The van der Waals surface area contributed by atoms with E-state index in [0.29, 0.717) is 6.04 Å². The van der Waals surface area contributed by atoms with Gasteiger partial charge >= 0.3 is 0 Å². The second-order valence-electron chi connectivity index (χ2n) is 5.03. The Bertz CT molecular complexity index is 311. The van der Waals surface area contributed by atoms with Crippen LogP contribution in [0.3, 0.4) is 0 Å². The van der Waals surface area contributed by atoms with Crippen LogP contribution in [-0.4, -0.2) is 33.8 Å². The van der Waals surface area contributed by atoms with E-state index < -0.39 is 0 Å². The largest absolute Gasteiger partial charge is 0.324 e. The lowest BCUT2D eigenvalue weighted by atomic mass is 10.0. The zero-order valence-electron chi connectivity index (χ0n) is 10.4. The summed E-state index contributed by atoms with van der Waals surface area (Å²) in [5.41, 5.74) is 7.06. The highest BCUT2D eigenvalue weighted by molar-refractivity contribution is 5.09. The van der Waals surface area contributed by atoms with Gasteiger partial charge in [-0.3, -0.25) is 9.58 Å². The maximum atomic E-state index is 5.99. The third-order valence-electron chi connectivity index (χ3n) is 2.53. The minimum Gasteiger partial charge on any atom is -0.324 e. The summed E-state index contributed by atoms with van der Waals surface area (Å²) in [5, 5.41) is 4.18. The number of rotatable bonds is 4. The topological polar surface area (TPSA) is 47.1 Å². The van der Waals surface area contributed by atoms with Crippen molar-refractivity contribution in [3.63, 3.8) is 0 Å². The average Bonchev–Trinajstić information content (AvgIpc) is 2.47. The van der Waals surface area contributed by atoms with Crippen molar-refractivity contribution in [3.8, 4) is 0 Å². The van der Waals surface area contributed by atoms with Gasteiger partial charge in [-0.2, -0.15) is 5.10 Å². The molecule has 1 atom stereocenters. The van der Waals surface area contributed by atoms with E-state index in [9.17, 15) is 0 Å². The van der Waals surface area contributed by atoms with Gasteiger partial charge in [-0.05, 0) is 27.8 Å². The fourth-order valence-corrected chi connectivity index (χ4v) is 1.69. The number of likely N-dealkylation sites (N-methyl/N-ethyl adjacent to an activating group) is 1. The molecule has 0 fully saturated rings. The number of aryl methyl sites for hydroxylation is 1. The first kappa shape index (κ1) is 12.2. The summed E-state index contributed by atoms with van der Waals surface area (Å²) >= 11 is 0. The van der Waals surface area contributed by atoms with Crippen molar-refractivity contribution in [1.29, 1.82) is 0 Å². The van der Waals surface area contributed by atoms with Gasteiger partial charge in [0.05, 0.1) is 6.20 Å². The highest BCUT2D eigenvalue weighted by Crippen LogP contribution is 2.18. The van der Waals surface area contributed by atoms with Crippen molar-refractivity contribution in [2.45, 2.75) is 32.4 Å². The molecule has 0 aromatic carbocycles.